The second kappa shape index (κ2) is 23.6. The topological polar surface area (TPSA) is 166 Å². The van der Waals surface area contributed by atoms with Gasteiger partial charge in [-0.3, -0.25) is 9.59 Å². The van der Waals surface area contributed by atoms with E-state index in [1.165, 1.54) is 9.80 Å². The van der Waals surface area contributed by atoms with Gasteiger partial charge in [-0.2, -0.15) is 0 Å². The molecule has 0 aliphatic carbocycles. The molecule has 0 spiro atoms. The Morgan fingerprint density at radius 2 is 1.00 bits per heavy atom. The van der Waals surface area contributed by atoms with Gasteiger partial charge in [-0.15, -0.1) is 0 Å². The number of nitrogens with zero attached hydrogens (tertiary/aromatic N) is 4. The molecule has 9 rings (SSSR count). The van der Waals surface area contributed by atoms with Gasteiger partial charge in [0.2, 0.25) is 11.8 Å². The minimum absolute atomic E-state index is 0. The van der Waals surface area contributed by atoms with E-state index in [9.17, 15) is 24.3 Å². The van der Waals surface area contributed by atoms with E-state index in [4.69, 9.17) is 23.9 Å². The summed E-state index contributed by atoms with van der Waals surface area (Å²) in [5.74, 6) is -0.313. The third-order valence-electron chi connectivity index (χ3n) is 11.7. The Hall–Kier alpha value is -7.48. The van der Waals surface area contributed by atoms with Crippen LogP contribution in [0.5, 0.6) is 11.5 Å². The summed E-state index contributed by atoms with van der Waals surface area (Å²) in [5, 5.41) is 17.9. The number of aromatic hydroxyl groups is 1. The molecular formula is C53H60N4O10. The number of phenols is 1. The fourth-order valence-corrected chi connectivity index (χ4v) is 8.38. The van der Waals surface area contributed by atoms with E-state index in [1.807, 2.05) is 115 Å². The summed E-state index contributed by atoms with van der Waals surface area (Å²) in [6, 6.07) is 43.2. The zero-order valence-corrected chi connectivity index (χ0v) is 35.8. The summed E-state index contributed by atoms with van der Waals surface area (Å²) in [6.07, 6.45) is 1.35. The Labute approximate surface area is 393 Å². The van der Waals surface area contributed by atoms with Crippen molar-refractivity contribution in [2.75, 3.05) is 26.4 Å². The molecule has 14 nitrogen and oxygen atoms in total. The van der Waals surface area contributed by atoms with E-state index < -0.39 is 12.2 Å². The van der Waals surface area contributed by atoms with E-state index in [-0.39, 0.29) is 83.8 Å². The number of carbonyl (C=O) groups excluding carboxylic acids is 4. The summed E-state index contributed by atoms with van der Waals surface area (Å²) >= 11 is 0. The molecule has 352 valence electrons. The highest BCUT2D eigenvalue weighted by molar-refractivity contribution is 6.00. The number of benzene rings is 5. The van der Waals surface area contributed by atoms with E-state index in [1.54, 1.807) is 24.3 Å². The van der Waals surface area contributed by atoms with Crippen molar-refractivity contribution < 1.29 is 49.6 Å². The summed E-state index contributed by atoms with van der Waals surface area (Å²) in [7, 11) is 0. The fraction of sp³-hybridized carbons (Fsp3) is 0.321. The Balaban J connectivity index is 0.000000248. The van der Waals surface area contributed by atoms with Gasteiger partial charge in [-0.05, 0) is 64.9 Å². The SMILES string of the molecule is C.C.O=C(C[C@H](C1=NOCC1)c1ccc(O)cc1)N1C(=O)OC[C@@H]1Cc1ccccc1.O=C(C[C@H](C1=NOCC1)c1ccc(OCc2ccccc2)cc1)N1C(=O)OC[C@@H]1Cc1ccccc1.[HH]. The maximum absolute atomic E-state index is 13.4. The molecule has 67 heavy (non-hydrogen) atoms. The van der Waals surface area contributed by atoms with Crippen LogP contribution in [0.2, 0.25) is 0 Å². The minimum Gasteiger partial charge on any atom is -0.508 e. The smallest absolute Gasteiger partial charge is 0.416 e. The molecule has 5 aromatic rings. The molecule has 2 fully saturated rings. The lowest BCUT2D eigenvalue weighted by Gasteiger charge is -2.23. The first-order valence-electron chi connectivity index (χ1n) is 21.8. The second-order valence-corrected chi connectivity index (χ2v) is 16.1. The quantitative estimate of drug-likeness (QED) is 0.107. The van der Waals surface area contributed by atoms with Crippen LogP contribution in [-0.4, -0.2) is 88.8 Å². The zero-order valence-electron chi connectivity index (χ0n) is 35.8. The average Bonchev–Trinajstić information content (AvgIpc) is 4.19. The van der Waals surface area contributed by atoms with Crippen LogP contribution < -0.4 is 4.74 Å². The van der Waals surface area contributed by atoms with Gasteiger partial charge in [0, 0.05) is 38.9 Å². The fourth-order valence-electron chi connectivity index (χ4n) is 8.38. The molecule has 5 aromatic carbocycles. The number of carbonyl (C=O) groups is 4. The van der Waals surface area contributed by atoms with Gasteiger partial charge in [0.05, 0.1) is 23.5 Å². The maximum Gasteiger partial charge on any atom is 0.416 e. The first-order valence-corrected chi connectivity index (χ1v) is 21.8. The standard InChI is InChI=1S/C29H28N2O5.C22H22N2O5.2CH4.H2/c32-28(31-24(20-35-29(31)33)17-21-7-3-1-4-8-21)18-26(27-15-16-36-30-27)23-11-13-25(14-12-23)34-19-22-9-5-2-6-10-22;25-18-8-6-16(7-9-18)19(20-10-11-29-23-20)13-21(26)24-17(14-28-22(24)27)12-15-4-2-1-3-5-15;;;/h1-14,24,26H,15-20H2;1-9,17,19,25H,10-14H2;2*1H4;1H/t24-,26-;17-,19-;;;/m00.../s1. The van der Waals surface area contributed by atoms with Crippen molar-refractivity contribution in [2.24, 2.45) is 10.3 Å². The van der Waals surface area contributed by atoms with E-state index >= 15 is 0 Å². The normalized spacial score (nSPS) is 18.0. The Bertz CT molecular complexity index is 2470. The van der Waals surface area contributed by atoms with Crippen LogP contribution in [0, 0.1) is 0 Å². The highest BCUT2D eigenvalue weighted by Gasteiger charge is 2.41. The van der Waals surface area contributed by atoms with Gasteiger partial charge in [0.1, 0.15) is 44.5 Å². The molecule has 2 saturated heterocycles. The number of oxime groups is 2. The van der Waals surface area contributed by atoms with Crippen LogP contribution in [-0.2, 0) is 48.2 Å². The third-order valence-corrected chi connectivity index (χ3v) is 11.7. The molecule has 4 aliphatic heterocycles. The molecule has 4 amide bonds. The van der Waals surface area contributed by atoms with Crippen LogP contribution in [0.4, 0.5) is 9.59 Å². The highest BCUT2D eigenvalue weighted by atomic mass is 16.6. The molecule has 4 atom stereocenters. The van der Waals surface area contributed by atoms with Gasteiger partial charge in [-0.25, -0.2) is 19.4 Å². The molecule has 14 heteroatoms. The van der Waals surface area contributed by atoms with E-state index in [0.29, 0.717) is 45.5 Å². The van der Waals surface area contributed by atoms with Gasteiger partial charge < -0.3 is 29.0 Å². The van der Waals surface area contributed by atoms with Crippen molar-refractivity contribution in [1.29, 1.82) is 0 Å². The third kappa shape index (κ3) is 12.7. The van der Waals surface area contributed by atoms with Crippen molar-refractivity contribution in [3.8, 4) is 11.5 Å². The number of imide groups is 2. The molecule has 4 heterocycles. The van der Waals surface area contributed by atoms with Crippen LogP contribution in [0.25, 0.3) is 0 Å². The number of phenolic OH excluding ortho intramolecular Hbond substituents is 1. The van der Waals surface area contributed by atoms with Crippen molar-refractivity contribution in [3.63, 3.8) is 0 Å². The van der Waals surface area contributed by atoms with Crippen molar-refractivity contribution in [1.82, 2.24) is 9.80 Å². The zero-order chi connectivity index (χ0) is 45.0. The molecular weight excluding hydrogens is 853 g/mol. The number of hydrogen-bond acceptors (Lipinski definition) is 12. The average molecular weight is 913 g/mol. The molecule has 0 saturated carbocycles. The van der Waals surface area contributed by atoms with Gasteiger partial charge >= 0.3 is 12.2 Å². The van der Waals surface area contributed by atoms with Crippen molar-refractivity contribution in [3.05, 3.63) is 167 Å². The second-order valence-electron chi connectivity index (χ2n) is 16.1. The van der Waals surface area contributed by atoms with Crippen LogP contribution >= 0.6 is 0 Å². The Morgan fingerprint density at radius 3 is 1.40 bits per heavy atom. The van der Waals surface area contributed by atoms with Gasteiger partial charge in [0.15, 0.2) is 0 Å². The summed E-state index contributed by atoms with van der Waals surface area (Å²) in [5.41, 5.74) is 6.50. The first-order chi connectivity index (χ1) is 31.8. The lowest BCUT2D eigenvalue weighted by molar-refractivity contribution is -0.130. The van der Waals surface area contributed by atoms with Crippen LogP contribution in [0.1, 0.15) is 81.6 Å². The van der Waals surface area contributed by atoms with Crippen LogP contribution in [0.15, 0.2) is 150 Å². The molecule has 0 unspecified atom stereocenters. The van der Waals surface area contributed by atoms with Crippen molar-refractivity contribution in [2.45, 2.75) is 83.9 Å². The largest absolute Gasteiger partial charge is 0.508 e. The number of amides is 4. The summed E-state index contributed by atoms with van der Waals surface area (Å²) in [6.45, 7) is 1.82. The first kappa shape index (κ1) is 49.0. The highest BCUT2D eigenvalue weighted by Crippen LogP contribution is 2.32. The van der Waals surface area contributed by atoms with E-state index in [0.717, 1.165) is 45.0 Å². The molecule has 4 aliphatic rings. The lowest BCUT2D eigenvalue weighted by Crippen LogP contribution is -2.41. The molecule has 0 bridgehead atoms. The number of hydrogen-bond donors (Lipinski definition) is 1. The summed E-state index contributed by atoms with van der Waals surface area (Å²) < 4.78 is 16.3. The minimum atomic E-state index is -0.606. The predicted octanol–water partition coefficient (Wildman–Crippen LogP) is 9.86. The predicted molar refractivity (Wildman–Crippen MR) is 256 cm³/mol. The monoisotopic (exact) mass is 912 g/mol. The van der Waals surface area contributed by atoms with Crippen LogP contribution in [0.3, 0.4) is 0 Å². The Kier molecular flexibility index (Phi) is 17.3. The maximum atomic E-state index is 13.4. The number of ether oxygens (including phenoxy) is 3. The molecule has 0 aromatic heterocycles. The van der Waals surface area contributed by atoms with E-state index in [2.05, 4.69) is 10.3 Å². The molecule has 1 N–H and O–H groups in total. The lowest BCUT2D eigenvalue weighted by atomic mass is 9.89. The molecule has 0 radical (unpaired) electrons. The van der Waals surface area contributed by atoms with Crippen molar-refractivity contribution >= 4 is 35.4 Å². The summed E-state index contributed by atoms with van der Waals surface area (Å²) in [4.78, 5) is 64.3. The number of cyclic esters (lactones) is 2. The van der Waals surface area contributed by atoms with Gasteiger partial charge in [0.25, 0.3) is 0 Å². The number of rotatable bonds is 15. The Morgan fingerprint density at radius 1 is 0.597 bits per heavy atom. The van der Waals surface area contributed by atoms with Gasteiger partial charge in [-0.1, -0.05) is 140 Å².